The fourth-order valence-corrected chi connectivity index (χ4v) is 4.81. The molecule has 10 heteroatoms. The number of imide groups is 1. The van der Waals surface area contributed by atoms with Crippen molar-refractivity contribution >= 4 is 45.5 Å². The number of carbonyl (C=O) groups excluding carboxylic acids is 3. The Morgan fingerprint density at radius 2 is 1.64 bits per heavy atom. The van der Waals surface area contributed by atoms with Gasteiger partial charge in [-0.05, 0) is 30.0 Å². The predicted molar refractivity (Wildman–Crippen MR) is 147 cm³/mol. The van der Waals surface area contributed by atoms with Crippen molar-refractivity contribution in [2.45, 2.75) is 45.4 Å². The van der Waals surface area contributed by atoms with Gasteiger partial charge in [-0.2, -0.15) is 0 Å². The Labute approximate surface area is 225 Å². The minimum Gasteiger partial charge on any atom is -0.388 e. The van der Waals surface area contributed by atoms with Gasteiger partial charge in [0.05, 0.1) is 11.0 Å². The van der Waals surface area contributed by atoms with Crippen LogP contribution in [0.25, 0.3) is 21.9 Å². The van der Waals surface area contributed by atoms with Crippen LogP contribution in [-0.4, -0.2) is 48.8 Å². The van der Waals surface area contributed by atoms with Crippen LogP contribution in [0.5, 0.6) is 0 Å². The summed E-state index contributed by atoms with van der Waals surface area (Å²) in [5.74, 6) is 0.265. The third-order valence-corrected chi connectivity index (χ3v) is 6.87. The SMILES string of the molecule is Nc1nc2ccccc2c2c1nc(CO)n2Cc1ccc(CNC(=O)CCCCCN2C(=O)C=CC2=O)cc1. The lowest BCUT2D eigenvalue weighted by atomic mass is 10.1. The van der Waals surface area contributed by atoms with Crippen LogP contribution < -0.4 is 11.1 Å². The number of nitrogens with zero attached hydrogens (tertiary/aromatic N) is 4. The molecule has 3 amide bonds. The number of rotatable bonds is 11. The molecule has 5 rings (SSSR count). The average molecular weight is 527 g/mol. The number of hydrogen-bond donors (Lipinski definition) is 3. The Kier molecular flexibility index (Phi) is 7.64. The van der Waals surface area contributed by atoms with E-state index < -0.39 is 0 Å². The van der Waals surface area contributed by atoms with Crippen LogP contribution in [0.4, 0.5) is 5.82 Å². The van der Waals surface area contributed by atoms with Crippen LogP contribution in [-0.2, 0) is 34.1 Å². The summed E-state index contributed by atoms with van der Waals surface area (Å²) in [6.07, 6.45) is 5.08. The molecule has 0 saturated carbocycles. The Morgan fingerprint density at radius 3 is 2.38 bits per heavy atom. The second kappa shape index (κ2) is 11.4. The number of nitrogens with one attached hydrogen (secondary N) is 1. The Morgan fingerprint density at radius 1 is 0.923 bits per heavy atom. The lowest BCUT2D eigenvalue weighted by Crippen LogP contribution is -2.30. The first kappa shape index (κ1) is 26.1. The van der Waals surface area contributed by atoms with Gasteiger partial charge in [-0.3, -0.25) is 19.3 Å². The van der Waals surface area contributed by atoms with Gasteiger partial charge in [-0.15, -0.1) is 0 Å². The first-order chi connectivity index (χ1) is 18.9. The van der Waals surface area contributed by atoms with E-state index in [4.69, 9.17) is 5.73 Å². The summed E-state index contributed by atoms with van der Waals surface area (Å²) in [4.78, 5) is 45.6. The Balaban J connectivity index is 1.15. The van der Waals surface area contributed by atoms with Crippen LogP contribution in [0.2, 0.25) is 0 Å². The molecule has 4 aromatic rings. The van der Waals surface area contributed by atoms with E-state index in [9.17, 15) is 19.5 Å². The molecular weight excluding hydrogens is 496 g/mol. The van der Waals surface area contributed by atoms with Crippen molar-refractivity contribution in [3.8, 4) is 0 Å². The lowest BCUT2D eigenvalue weighted by Gasteiger charge is -2.13. The molecule has 0 radical (unpaired) electrons. The van der Waals surface area contributed by atoms with Gasteiger partial charge in [-0.1, -0.05) is 48.9 Å². The standard InChI is InChI=1S/C29H30N6O4/c30-29-27-28(21-6-3-4-7-22(21)32-29)35(23(18-36)33-27)17-20-11-9-19(10-12-20)16-31-24(37)8-2-1-5-15-34-25(38)13-14-26(34)39/h3-4,6-7,9-14,36H,1-2,5,8,15-18H2,(H2,30,32)(H,31,37). The van der Waals surface area contributed by atoms with Gasteiger partial charge >= 0.3 is 0 Å². The highest BCUT2D eigenvalue weighted by Crippen LogP contribution is 2.29. The minimum atomic E-state index is -0.272. The highest BCUT2D eigenvalue weighted by molar-refractivity contribution is 6.12. The van der Waals surface area contributed by atoms with Crippen LogP contribution >= 0.6 is 0 Å². The number of unbranched alkanes of at least 4 members (excludes halogenated alkanes) is 2. The molecule has 0 saturated heterocycles. The highest BCUT2D eigenvalue weighted by atomic mass is 16.3. The van der Waals surface area contributed by atoms with Crippen LogP contribution in [0, 0.1) is 0 Å². The van der Waals surface area contributed by atoms with Crippen molar-refractivity contribution in [1.82, 2.24) is 24.8 Å². The number of pyridine rings is 1. The van der Waals surface area contributed by atoms with E-state index in [1.165, 1.54) is 17.1 Å². The third-order valence-electron chi connectivity index (χ3n) is 6.87. The molecule has 0 atom stereocenters. The summed E-state index contributed by atoms with van der Waals surface area (Å²) in [6, 6.07) is 15.7. The van der Waals surface area contributed by atoms with E-state index in [-0.39, 0.29) is 24.3 Å². The second-order valence-corrected chi connectivity index (χ2v) is 9.55. The Hall–Kier alpha value is -4.57. The molecule has 1 aliphatic heterocycles. The maximum Gasteiger partial charge on any atom is 0.253 e. The van der Waals surface area contributed by atoms with E-state index in [0.717, 1.165) is 34.0 Å². The number of para-hydroxylation sites is 1. The molecule has 0 fully saturated rings. The van der Waals surface area contributed by atoms with Gasteiger partial charge in [0, 0.05) is 43.6 Å². The quantitative estimate of drug-likeness (QED) is 0.201. The van der Waals surface area contributed by atoms with Gasteiger partial charge in [0.2, 0.25) is 5.91 Å². The maximum absolute atomic E-state index is 12.3. The van der Waals surface area contributed by atoms with E-state index >= 15 is 0 Å². The van der Waals surface area contributed by atoms with E-state index in [2.05, 4.69) is 15.3 Å². The number of nitrogens with two attached hydrogens (primary N) is 1. The van der Waals surface area contributed by atoms with Gasteiger partial charge in [0.15, 0.2) is 5.82 Å². The molecule has 2 aromatic carbocycles. The second-order valence-electron chi connectivity index (χ2n) is 9.55. The molecule has 0 aliphatic carbocycles. The van der Waals surface area contributed by atoms with Crippen molar-refractivity contribution in [3.05, 3.63) is 77.6 Å². The van der Waals surface area contributed by atoms with Crippen LogP contribution in [0.3, 0.4) is 0 Å². The molecule has 3 heterocycles. The number of fused-ring (bicyclic) bond motifs is 3. The zero-order valence-electron chi connectivity index (χ0n) is 21.5. The smallest absolute Gasteiger partial charge is 0.253 e. The first-order valence-electron chi connectivity index (χ1n) is 13.0. The molecule has 4 N–H and O–H groups in total. The zero-order valence-corrected chi connectivity index (χ0v) is 21.5. The topological polar surface area (TPSA) is 143 Å². The molecule has 1 aliphatic rings. The number of hydrogen-bond acceptors (Lipinski definition) is 7. The lowest BCUT2D eigenvalue weighted by molar-refractivity contribution is -0.137. The summed E-state index contributed by atoms with van der Waals surface area (Å²) in [6.45, 7) is 1.08. The molecular formula is C29H30N6O4. The molecule has 0 bridgehead atoms. The number of amides is 3. The van der Waals surface area contributed by atoms with E-state index in [1.807, 2.05) is 53.1 Å². The molecule has 2 aromatic heterocycles. The summed E-state index contributed by atoms with van der Waals surface area (Å²) in [7, 11) is 0. The van der Waals surface area contributed by atoms with Gasteiger partial charge in [0.1, 0.15) is 17.9 Å². The van der Waals surface area contributed by atoms with Gasteiger partial charge in [0.25, 0.3) is 11.8 Å². The number of aliphatic hydroxyl groups is 1. The number of imidazole rings is 1. The van der Waals surface area contributed by atoms with Gasteiger partial charge in [-0.25, -0.2) is 9.97 Å². The van der Waals surface area contributed by atoms with Crippen LogP contribution in [0.15, 0.2) is 60.7 Å². The minimum absolute atomic E-state index is 0.0374. The fourth-order valence-electron chi connectivity index (χ4n) is 4.81. The van der Waals surface area contributed by atoms with Crippen molar-refractivity contribution < 1.29 is 19.5 Å². The average Bonchev–Trinajstić information content (AvgIpc) is 3.47. The van der Waals surface area contributed by atoms with Crippen molar-refractivity contribution in [1.29, 1.82) is 0 Å². The first-order valence-corrected chi connectivity index (χ1v) is 13.0. The number of nitrogen functional groups attached to an aromatic ring is 1. The summed E-state index contributed by atoms with van der Waals surface area (Å²) < 4.78 is 1.97. The number of carbonyl (C=O) groups is 3. The molecule has 200 valence electrons. The Bertz CT molecular complexity index is 1560. The number of aliphatic hydroxyl groups excluding tert-OH is 1. The van der Waals surface area contributed by atoms with Crippen LogP contribution in [0.1, 0.15) is 42.6 Å². The van der Waals surface area contributed by atoms with E-state index in [1.54, 1.807) is 0 Å². The highest BCUT2D eigenvalue weighted by Gasteiger charge is 2.22. The summed E-state index contributed by atoms with van der Waals surface area (Å²) in [5.41, 5.74) is 10.4. The number of anilines is 1. The summed E-state index contributed by atoms with van der Waals surface area (Å²) >= 11 is 0. The monoisotopic (exact) mass is 526 g/mol. The predicted octanol–water partition coefficient (Wildman–Crippen LogP) is 2.81. The molecule has 0 unspecified atom stereocenters. The van der Waals surface area contributed by atoms with Gasteiger partial charge < -0.3 is 20.7 Å². The van der Waals surface area contributed by atoms with Crippen molar-refractivity contribution in [2.24, 2.45) is 0 Å². The number of aromatic nitrogens is 3. The van der Waals surface area contributed by atoms with Crippen molar-refractivity contribution in [3.63, 3.8) is 0 Å². The normalized spacial score (nSPS) is 13.2. The largest absolute Gasteiger partial charge is 0.388 e. The summed E-state index contributed by atoms with van der Waals surface area (Å²) in [5, 5.41) is 13.8. The molecule has 10 nitrogen and oxygen atoms in total. The molecule has 0 spiro atoms. The molecule has 39 heavy (non-hydrogen) atoms. The number of benzene rings is 2. The third kappa shape index (κ3) is 5.65. The van der Waals surface area contributed by atoms with Crippen molar-refractivity contribution in [2.75, 3.05) is 12.3 Å². The zero-order chi connectivity index (χ0) is 27.4. The fraction of sp³-hybridized carbons (Fsp3) is 0.276. The van der Waals surface area contributed by atoms with E-state index in [0.29, 0.717) is 56.1 Å². The maximum atomic E-state index is 12.3.